The summed E-state index contributed by atoms with van der Waals surface area (Å²) in [6.45, 7) is 3.03. The predicted molar refractivity (Wildman–Crippen MR) is 101 cm³/mol. The van der Waals surface area contributed by atoms with Gasteiger partial charge in [-0.2, -0.15) is 13.2 Å². The van der Waals surface area contributed by atoms with Crippen LogP contribution in [0.2, 0.25) is 0 Å². The van der Waals surface area contributed by atoms with Crippen molar-refractivity contribution in [2.75, 3.05) is 31.9 Å². The number of alkyl halides is 3. The second-order valence-corrected chi connectivity index (χ2v) is 6.39. The molecular formula is C19H21ClF3N3O. The molecule has 4 nitrogen and oxygen atoms in total. The molecule has 2 aromatic carbocycles. The van der Waals surface area contributed by atoms with E-state index in [1.54, 1.807) is 4.90 Å². The van der Waals surface area contributed by atoms with Crippen molar-refractivity contribution in [2.24, 2.45) is 0 Å². The molecule has 1 amide bonds. The molecule has 0 aromatic heterocycles. The van der Waals surface area contributed by atoms with Crippen LogP contribution in [0.4, 0.5) is 18.9 Å². The Morgan fingerprint density at radius 1 is 1.00 bits per heavy atom. The number of halogens is 4. The summed E-state index contributed by atoms with van der Waals surface area (Å²) in [5, 5.41) is 0. The minimum absolute atomic E-state index is 0. The molecule has 0 atom stereocenters. The van der Waals surface area contributed by atoms with Gasteiger partial charge in [-0.15, -0.1) is 12.4 Å². The molecule has 27 heavy (non-hydrogen) atoms. The number of nitrogens with two attached hydrogens (primary N) is 1. The van der Waals surface area contributed by atoms with E-state index in [0.29, 0.717) is 31.9 Å². The van der Waals surface area contributed by atoms with E-state index in [1.165, 1.54) is 12.1 Å². The molecule has 0 unspecified atom stereocenters. The number of carbonyl (C=O) groups is 1. The van der Waals surface area contributed by atoms with Gasteiger partial charge in [-0.3, -0.25) is 9.69 Å². The number of benzene rings is 2. The first-order chi connectivity index (χ1) is 12.3. The molecule has 0 spiro atoms. The Labute approximate surface area is 162 Å². The van der Waals surface area contributed by atoms with E-state index >= 15 is 0 Å². The Balaban J connectivity index is 0.00000261. The zero-order valence-corrected chi connectivity index (χ0v) is 15.4. The molecule has 2 aromatic rings. The molecule has 146 valence electrons. The molecule has 0 aliphatic carbocycles. The normalized spacial score (nSPS) is 15.3. The van der Waals surface area contributed by atoms with Crippen LogP contribution in [0, 0.1) is 0 Å². The van der Waals surface area contributed by atoms with Crippen LogP contribution in [0.15, 0.2) is 48.5 Å². The number of nitrogen functional groups attached to an aromatic ring is 1. The van der Waals surface area contributed by atoms with Crippen LogP contribution in [0.5, 0.6) is 0 Å². The van der Waals surface area contributed by atoms with Crippen LogP contribution in [-0.2, 0) is 12.7 Å². The third kappa shape index (κ3) is 5.37. The molecule has 1 aliphatic heterocycles. The number of nitrogens with zero attached hydrogens (tertiary/aromatic N) is 2. The fraction of sp³-hybridized carbons (Fsp3) is 0.316. The molecule has 0 saturated carbocycles. The smallest absolute Gasteiger partial charge is 0.399 e. The van der Waals surface area contributed by atoms with Crippen LogP contribution in [0.3, 0.4) is 0 Å². The summed E-state index contributed by atoms with van der Waals surface area (Å²) in [5.41, 5.74) is 6.86. The van der Waals surface area contributed by atoms with Gasteiger partial charge in [0.05, 0.1) is 5.56 Å². The Morgan fingerprint density at radius 3 is 2.30 bits per heavy atom. The summed E-state index contributed by atoms with van der Waals surface area (Å²) < 4.78 is 38.5. The second-order valence-electron chi connectivity index (χ2n) is 6.39. The first-order valence-corrected chi connectivity index (χ1v) is 8.36. The fourth-order valence-electron chi connectivity index (χ4n) is 3.07. The van der Waals surface area contributed by atoms with Crippen molar-refractivity contribution in [3.8, 4) is 0 Å². The van der Waals surface area contributed by atoms with Crippen LogP contribution < -0.4 is 5.73 Å². The molecule has 3 rings (SSSR count). The lowest BCUT2D eigenvalue weighted by molar-refractivity contribution is -0.137. The second kappa shape index (κ2) is 8.63. The summed E-state index contributed by atoms with van der Waals surface area (Å²) >= 11 is 0. The maximum absolute atomic E-state index is 12.8. The number of hydrogen-bond acceptors (Lipinski definition) is 3. The van der Waals surface area contributed by atoms with Crippen molar-refractivity contribution in [1.29, 1.82) is 0 Å². The Kier molecular flexibility index (Phi) is 6.73. The maximum Gasteiger partial charge on any atom is 0.416 e. The standard InChI is InChI=1S/C19H20F3N3O.ClH/c20-19(21,22)16-5-2-4-15(12-16)18(26)25-9-7-24(8-10-25)13-14-3-1-6-17(23)11-14;/h1-6,11-12H,7-10,13,23H2;1H. The number of hydrogen-bond donors (Lipinski definition) is 1. The Bertz CT molecular complexity index is 790. The minimum Gasteiger partial charge on any atom is -0.399 e. The monoisotopic (exact) mass is 399 g/mol. The van der Waals surface area contributed by atoms with Gasteiger partial charge in [0.1, 0.15) is 0 Å². The van der Waals surface area contributed by atoms with Crippen LogP contribution in [0.1, 0.15) is 21.5 Å². The van der Waals surface area contributed by atoms with Crippen LogP contribution in [0.25, 0.3) is 0 Å². The summed E-state index contributed by atoms with van der Waals surface area (Å²) in [7, 11) is 0. The molecule has 1 heterocycles. The van der Waals surface area contributed by atoms with E-state index in [4.69, 9.17) is 5.73 Å². The number of amides is 1. The molecule has 0 radical (unpaired) electrons. The minimum atomic E-state index is -4.45. The summed E-state index contributed by atoms with van der Waals surface area (Å²) in [5.74, 6) is -0.361. The van der Waals surface area contributed by atoms with Crippen molar-refractivity contribution in [3.05, 3.63) is 65.2 Å². The van der Waals surface area contributed by atoms with Gasteiger partial charge in [0.15, 0.2) is 0 Å². The SMILES string of the molecule is Cl.Nc1cccc(CN2CCN(C(=O)c3cccc(C(F)(F)F)c3)CC2)c1. The number of carbonyl (C=O) groups excluding carboxylic acids is 1. The summed E-state index contributed by atoms with van der Waals surface area (Å²) in [6, 6.07) is 12.2. The lowest BCUT2D eigenvalue weighted by Gasteiger charge is -2.35. The lowest BCUT2D eigenvalue weighted by Crippen LogP contribution is -2.48. The Hall–Kier alpha value is -2.25. The number of rotatable bonds is 3. The van der Waals surface area contributed by atoms with E-state index in [0.717, 1.165) is 24.2 Å². The predicted octanol–water partition coefficient (Wildman–Crippen LogP) is 3.67. The van der Waals surface area contributed by atoms with Gasteiger partial charge in [0.2, 0.25) is 0 Å². The highest BCUT2D eigenvalue weighted by molar-refractivity contribution is 5.94. The topological polar surface area (TPSA) is 49.6 Å². The van der Waals surface area contributed by atoms with Gasteiger partial charge in [-0.05, 0) is 35.9 Å². The Morgan fingerprint density at radius 2 is 1.67 bits per heavy atom. The quantitative estimate of drug-likeness (QED) is 0.801. The van der Waals surface area contributed by atoms with Crippen LogP contribution >= 0.6 is 12.4 Å². The van der Waals surface area contributed by atoms with E-state index < -0.39 is 11.7 Å². The van der Waals surface area contributed by atoms with Gasteiger partial charge in [0.25, 0.3) is 5.91 Å². The van der Waals surface area contributed by atoms with Crippen molar-refractivity contribution >= 4 is 24.0 Å². The van der Waals surface area contributed by atoms with Crippen LogP contribution in [-0.4, -0.2) is 41.9 Å². The van der Waals surface area contributed by atoms with E-state index in [9.17, 15) is 18.0 Å². The van der Waals surface area contributed by atoms with Gasteiger partial charge < -0.3 is 10.6 Å². The lowest BCUT2D eigenvalue weighted by atomic mass is 10.1. The summed E-state index contributed by atoms with van der Waals surface area (Å²) in [4.78, 5) is 16.3. The zero-order chi connectivity index (χ0) is 18.7. The van der Waals surface area contributed by atoms with E-state index in [1.807, 2.05) is 24.3 Å². The average molecular weight is 400 g/mol. The first kappa shape index (κ1) is 21.1. The molecule has 1 fully saturated rings. The molecular weight excluding hydrogens is 379 g/mol. The maximum atomic E-state index is 12.8. The fourth-order valence-corrected chi connectivity index (χ4v) is 3.07. The molecule has 0 bridgehead atoms. The highest BCUT2D eigenvalue weighted by Crippen LogP contribution is 2.29. The molecule has 8 heteroatoms. The highest BCUT2D eigenvalue weighted by atomic mass is 35.5. The van der Waals surface area contributed by atoms with Crippen molar-refractivity contribution in [3.63, 3.8) is 0 Å². The molecule has 1 saturated heterocycles. The average Bonchev–Trinajstić information content (AvgIpc) is 2.61. The number of piperazine rings is 1. The van der Waals surface area contributed by atoms with Crippen molar-refractivity contribution < 1.29 is 18.0 Å². The first-order valence-electron chi connectivity index (χ1n) is 8.36. The number of anilines is 1. The van der Waals surface area contributed by atoms with Crippen molar-refractivity contribution in [1.82, 2.24) is 9.80 Å². The largest absolute Gasteiger partial charge is 0.416 e. The molecule has 2 N–H and O–H groups in total. The van der Waals surface area contributed by atoms with E-state index in [-0.39, 0.29) is 23.9 Å². The van der Waals surface area contributed by atoms with Crippen molar-refractivity contribution in [2.45, 2.75) is 12.7 Å². The third-order valence-electron chi connectivity index (χ3n) is 4.45. The van der Waals surface area contributed by atoms with Gasteiger partial charge in [0, 0.05) is 44.0 Å². The third-order valence-corrected chi connectivity index (χ3v) is 4.45. The molecule has 1 aliphatic rings. The van der Waals surface area contributed by atoms with Gasteiger partial charge in [-0.25, -0.2) is 0 Å². The highest BCUT2D eigenvalue weighted by Gasteiger charge is 2.31. The summed E-state index contributed by atoms with van der Waals surface area (Å²) in [6.07, 6.45) is -4.45. The zero-order valence-electron chi connectivity index (χ0n) is 14.6. The van der Waals surface area contributed by atoms with E-state index in [2.05, 4.69) is 4.90 Å². The van der Waals surface area contributed by atoms with Gasteiger partial charge in [-0.1, -0.05) is 18.2 Å². The van der Waals surface area contributed by atoms with Gasteiger partial charge >= 0.3 is 6.18 Å².